The Balaban J connectivity index is 1.85. The number of piperazine rings is 1. The fourth-order valence-electron chi connectivity index (χ4n) is 2.41. The van der Waals surface area contributed by atoms with Crippen LogP contribution in [-0.2, 0) is 0 Å². The molecule has 94 valence electrons. The molecule has 1 aliphatic rings. The summed E-state index contributed by atoms with van der Waals surface area (Å²) in [6.45, 7) is 5.56. The van der Waals surface area contributed by atoms with Gasteiger partial charge in [-0.2, -0.15) is 0 Å². The number of thiophene rings is 1. The molecule has 1 aromatic carbocycles. The average molecular weight is 258 g/mol. The third-order valence-corrected chi connectivity index (χ3v) is 4.61. The first kappa shape index (κ1) is 11.8. The molecule has 2 heterocycles. The zero-order valence-electron chi connectivity index (χ0n) is 10.6. The van der Waals surface area contributed by atoms with Gasteiger partial charge in [-0.1, -0.05) is 30.3 Å². The zero-order valence-corrected chi connectivity index (χ0v) is 11.4. The van der Waals surface area contributed by atoms with Crippen molar-refractivity contribution in [1.82, 2.24) is 5.32 Å². The van der Waals surface area contributed by atoms with Crippen molar-refractivity contribution >= 4 is 16.3 Å². The van der Waals surface area contributed by atoms with Crippen LogP contribution in [0.15, 0.2) is 42.5 Å². The molecule has 3 heteroatoms. The number of hydrogen-bond acceptors (Lipinski definition) is 3. The number of anilines is 1. The summed E-state index contributed by atoms with van der Waals surface area (Å²) in [6.07, 6.45) is 0. The van der Waals surface area contributed by atoms with E-state index in [9.17, 15) is 0 Å². The maximum atomic E-state index is 3.44. The van der Waals surface area contributed by atoms with Crippen molar-refractivity contribution in [2.75, 3.05) is 24.5 Å². The van der Waals surface area contributed by atoms with E-state index in [-0.39, 0.29) is 0 Å². The van der Waals surface area contributed by atoms with E-state index in [0.717, 1.165) is 19.6 Å². The molecular formula is C15H18N2S. The first-order valence-corrected chi connectivity index (χ1v) is 7.29. The monoisotopic (exact) mass is 258 g/mol. The lowest BCUT2D eigenvalue weighted by molar-refractivity contribution is 0.503. The highest BCUT2D eigenvalue weighted by atomic mass is 32.1. The maximum absolute atomic E-state index is 3.44. The van der Waals surface area contributed by atoms with Crippen LogP contribution in [-0.4, -0.2) is 25.7 Å². The number of nitrogens with one attached hydrogen (secondary N) is 1. The molecule has 18 heavy (non-hydrogen) atoms. The molecule has 1 saturated heterocycles. The fourth-order valence-corrected chi connectivity index (χ4v) is 3.55. The lowest BCUT2D eigenvalue weighted by atomic mass is 10.2. The van der Waals surface area contributed by atoms with Gasteiger partial charge < -0.3 is 10.2 Å². The molecule has 0 bridgehead atoms. The van der Waals surface area contributed by atoms with Gasteiger partial charge in [-0.25, -0.2) is 0 Å². The van der Waals surface area contributed by atoms with Crippen LogP contribution in [0.1, 0.15) is 6.92 Å². The molecule has 1 atom stereocenters. The molecule has 1 fully saturated rings. The van der Waals surface area contributed by atoms with E-state index in [2.05, 4.69) is 59.6 Å². The van der Waals surface area contributed by atoms with Crippen LogP contribution in [0.3, 0.4) is 0 Å². The largest absolute Gasteiger partial charge is 0.358 e. The lowest BCUT2D eigenvalue weighted by Gasteiger charge is -2.34. The predicted octanol–water partition coefficient (Wildman–Crippen LogP) is 3.21. The van der Waals surface area contributed by atoms with E-state index in [1.54, 1.807) is 0 Å². The van der Waals surface area contributed by atoms with Gasteiger partial charge >= 0.3 is 0 Å². The second-order valence-electron chi connectivity index (χ2n) is 4.75. The Morgan fingerprint density at radius 2 is 2.00 bits per heavy atom. The third-order valence-electron chi connectivity index (χ3n) is 3.43. The summed E-state index contributed by atoms with van der Waals surface area (Å²) >= 11 is 1.89. The van der Waals surface area contributed by atoms with E-state index in [4.69, 9.17) is 0 Å². The van der Waals surface area contributed by atoms with Crippen molar-refractivity contribution in [2.45, 2.75) is 13.0 Å². The lowest BCUT2D eigenvalue weighted by Crippen LogP contribution is -2.49. The Kier molecular flexibility index (Phi) is 3.35. The van der Waals surface area contributed by atoms with Crippen molar-refractivity contribution < 1.29 is 0 Å². The van der Waals surface area contributed by atoms with Gasteiger partial charge in [0, 0.05) is 30.6 Å². The highest BCUT2D eigenvalue weighted by molar-refractivity contribution is 7.19. The Bertz CT molecular complexity index is 506. The average Bonchev–Trinajstić information content (AvgIpc) is 2.90. The van der Waals surface area contributed by atoms with Crippen LogP contribution in [0, 0.1) is 0 Å². The first-order chi connectivity index (χ1) is 8.84. The molecule has 3 rings (SSSR count). The highest BCUT2D eigenvalue weighted by Crippen LogP contribution is 2.34. The molecule has 0 saturated carbocycles. The van der Waals surface area contributed by atoms with Crippen LogP contribution < -0.4 is 10.2 Å². The van der Waals surface area contributed by atoms with E-state index in [1.807, 2.05) is 11.3 Å². The quantitative estimate of drug-likeness (QED) is 0.890. The van der Waals surface area contributed by atoms with Crippen LogP contribution in [0.25, 0.3) is 10.4 Å². The van der Waals surface area contributed by atoms with Gasteiger partial charge in [-0.3, -0.25) is 0 Å². The van der Waals surface area contributed by atoms with E-state index >= 15 is 0 Å². The van der Waals surface area contributed by atoms with Crippen LogP contribution in [0.5, 0.6) is 0 Å². The van der Waals surface area contributed by atoms with Crippen molar-refractivity contribution in [1.29, 1.82) is 0 Å². The summed E-state index contributed by atoms with van der Waals surface area (Å²) in [4.78, 5) is 3.87. The zero-order chi connectivity index (χ0) is 12.4. The normalized spacial score (nSPS) is 20.1. The van der Waals surface area contributed by atoms with Gasteiger partial charge in [-0.05, 0) is 24.6 Å². The predicted molar refractivity (Wildman–Crippen MR) is 79.4 cm³/mol. The first-order valence-electron chi connectivity index (χ1n) is 6.47. The number of benzene rings is 1. The molecule has 1 aliphatic heterocycles. The van der Waals surface area contributed by atoms with E-state index in [0.29, 0.717) is 6.04 Å². The second kappa shape index (κ2) is 5.12. The molecule has 1 N–H and O–H groups in total. The molecule has 0 aliphatic carbocycles. The highest BCUT2D eigenvalue weighted by Gasteiger charge is 2.19. The van der Waals surface area contributed by atoms with Crippen LogP contribution in [0.4, 0.5) is 5.00 Å². The SMILES string of the molecule is CC1CNCCN1c1ccc(-c2ccccc2)s1. The van der Waals surface area contributed by atoms with E-state index in [1.165, 1.54) is 15.4 Å². The standard InChI is InChI=1S/C15H18N2S/c1-12-11-16-9-10-17(12)15-8-7-14(18-15)13-5-3-2-4-6-13/h2-8,12,16H,9-11H2,1H3. The Morgan fingerprint density at radius 1 is 1.17 bits per heavy atom. The Hall–Kier alpha value is -1.32. The summed E-state index contributed by atoms with van der Waals surface area (Å²) in [5.74, 6) is 0. The number of hydrogen-bond donors (Lipinski definition) is 1. The molecule has 2 nitrogen and oxygen atoms in total. The summed E-state index contributed by atoms with van der Waals surface area (Å²) in [7, 11) is 0. The van der Waals surface area contributed by atoms with Crippen molar-refractivity contribution in [3.63, 3.8) is 0 Å². The van der Waals surface area contributed by atoms with Gasteiger partial charge in [-0.15, -0.1) is 11.3 Å². The number of rotatable bonds is 2. The van der Waals surface area contributed by atoms with Crippen molar-refractivity contribution in [2.24, 2.45) is 0 Å². The van der Waals surface area contributed by atoms with Gasteiger partial charge in [0.2, 0.25) is 0 Å². The molecule has 0 radical (unpaired) electrons. The van der Waals surface area contributed by atoms with E-state index < -0.39 is 0 Å². The molecule has 0 spiro atoms. The van der Waals surface area contributed by atoms with Gasteiger partial charge in [0.25, 0.3) is 0 Å². The Labute approximate surface area is 112 Å². The van der Waals surface area contributed by atoms with Crippen molar-refractivity contribution in [3.05, 3.63) is 42.5 Å². The van der Waals surface area contributed by atoms with Gasteiger partial charge in [0.1, 0.15) is 0 Å². The Morgan fingerprint density at radius 3 is 2.78 bits per heavy atom. The minimum absolute atomic E-state index is 0.584. The third kappa shape index (κ3) is 2.28. The molecule has 0 amide bonds. The minimum Gasteiger partial charge on any atom is -0.358 e. The molecule has 1 unspecified atom stereocenters. The topological polar surface area (TPSA) is 15.3 Å². The summed E-state index contributed by atoms with van der Waals surface area (Å²) in [6, 6.07) is 15.7. The molecular weight excluding hydrogens is 240 g/mol. The van der Waals surface area contributed by atoms with Gasteiger partial charge in [0.05, 0.1) is 5.00 Å². The maximum Gasteiger partial charge on any atom is 0.0918 e. The molecule has 1 aromatic heterocycles. The van der Waals surface area contributed by atoms with Crippen molar-refractivity contribution in [3.8, 4) is 10.4 Å². The molecule has 2 aromatic rings. The van der Waals surface area contributed by atoms with Gasteiger partial charge in [0.15, 0.2) is 0 Å². The second-order valence-corrected chi connectivity index (χ2v) is 5.81. The smallest absolute Gasteiger partial charge is 0.0918 e. The van der Waals surface area contributed by atoms with Crippen LogP contribution in [0.2, 0.25) is 0 Å². The fraction of sp³-hybridized carbons (Fsp3) is 0.333. The summed E-state index contributed by atoms with van der Waals surface area (Å²) in [5.41, 5.74) is 1.32. The summed E-state index contributed by atoms with van der Waals surface area (Å²) < 4.78 is 0. The minimum atomic E-state index is 0.584. The van der Waals surface area contributed by atoms with Crippen LogP contribution >= 0.6 is 11.3 Å². The summed E-state index contributed by atoms with van der Waals surface area (Å²) in [5, 5.41) is 4.83. The number of nitrogens with zero attached hydrogens (tertiary/aromatic N) is 1.